The van der Waals surface area contributed by atoms with Crippen molar-refractivity contribution in [3.05, 3.63) is 29.0 Å². The van der Waals surface area contributed by atoms with Crippen molar-refractivity contribution >= 4 is 21.6 Å². The third kappa shape index (κ3) is 3.89. The highest BCUT2D eigenvalue weighted by atomic mass is 35.5. The summed E-state index contributed by atoms with van der Waals surface area (Å²) in [6.45, 7) is 1.51. The maximum atomic E-state index is 13.0. The van der Waals surface area contributed by atoms with Crippen molar-refractivity contribution in [2.24, 2.45) is 0 Å². The first-order chi connectivity index (χ1) is 8.99. The van der Waals surface area contributed by atoms with Gasteiger partial charge in [-0.05, 0) is 37.6 Å². The molecule has 0 bridgehead atoms. The minimum Gasteiger partial charge on any atom is -0.315 e. The van der Waals surface area contributed by atoms with Crippen LogP contribution in [0.15, 0.2) is 23.1 Å². The van der Waals surface area contributed by atoms with Crippen LogP contribution in [0, 0.1) is 5.82 Å². The van der Waals surface area contributed by atoms with E-state index in [9.17, 15) is 12.8 Å². The van der Waals surface area contributed by atoms with E-state index in [0.29, 0.717) is 6.54 Å². The van der Waals surface area contributed by atoms with Crippen molar-refractivity contribution in [3.8, 4) is 0 Å². The summed E-state index contributed by atoms with van der Waals surface area (Å²) in [5.74, 6) is -0.628. The van der Waals surface area contributed by atoms with Gasteiger partial charge in [-0.2, -0.15) is 0 Å². The molecule has 1 aromatic rings. The highest BCUT2D eigenvalue weighted by Gasteiger charge is 2.21. The predicted octanol–water partition coefficient (Wildman–Crippen LogP) is 1.90. The van der Waals surface area contributed by atoms with Crippen molar-refractivity contribution in [2.45, 2.75) is 30.2 Å². The second-order valence-corrected chi connectivity index (χ2v) is 6.72. The Morgan fingerprint density at radius 2 is 2.16 bits per heavy atom. The molecule has 0 saturated carbocycles. The molecule has 0 aromatic heterocycles. The Hall–Kier alpha value is -0.690. The number of rotatable bonds is 3. The second kappa shape index (κ2) is 6.17. The van der Waals surface area contributed by atoms with Crippen LogP contribution in [0.1, 0.15) is 19.3 Å². The summed E-state index contributed by atoms with van der Waals surface area (Å²) >= 11 is 5.61. The fourth-order valence-corrected chi connectivity index (χ4v) is 3.59. The third-order valence-corrected chi connectivity index (χ3v) is 4.88. The quantitative estimate of drug-likeness (QED) is 0.897. The lowest BCUT2D eigenvalue weighted by molar-refractivity contribution is 0.521. The maximum Gasteiger partial charge on any atom is 0.240 e. The molecule has 1 aliphatic rings. The van der Waals surface area contributed by atoms with Gasteiger partial charge in [0.05, 0.1) is 9.92 Å². The molecule has 106 valence electrons. The molecule has 0 amide bonds. The number of benzene rings is 1. The molecule has 1 atom stereocenters. The normalized spacial score (nSPS) is 21.1. The van der Waals surface area contributed by atoms with Crippen molar-refractivity contribution < 1.29 is 12.8 Å². The van der Waals surface area contributed by atoms with Gasteiger partial charge in [0, 0.05) is 12.6 Å². The van der Waals surface area contributed by atoms with Crippen LogP contribution in [0.3, 0.4) is 0 Å². The van der Waals surface area contributed by atoms with E-state index in [1.165, 1.54) is 6.07 Å². The van der Waals surface area contributed by atoms with Gasteiger partial charge < -0.3 is 5.32 Å². The van der Waals surface area contributed by atoms with E-state index in [2.05, 4.69) is 10.0 Å². The Bertz CT molecular complexity index is 543. The summed E-state index contributed by atoms with van der Waals surface area (Å²) in [6.07, 6.45) is 2.81. The van der Waals surface area contributed by atoms with Crippen LogP contribution in [0.4, 0.5) is 4.39 Å². The van der Waals surface area contributed by atoms with Crippen molar-refractivity contribution in [2.75, 3.05) is 13.1 Å². The molecular weight excluding hydrogens is 291 g/mol. The average Bonchev–Trinajstić information content (AvgIpc) is 2.60. The molecule has 1 unspecified atom stereocenters. The maximum absolute atomic E-state index is 13.0. The summed E-state index contributed by atoms with van der Waals surface area (Å²) in [7, 11) is -3.66. The third-order valence-electron chi connectivity index (χ3n) is 3.07. The molecule has 2 N–H and O–H groups in total. The number of hydrogen-bond acceptors (Lipinski definition) is 3. The molecule has 1 aromatic carbocycles. The van der Waals surface area contributed by atoms with Crippen LogP contribution in [0.25, 0.3) is 0 Å². The lowest BCUT2D eigenvalue weighted by atomic mass is 10.2. The van der Waals surface area contributed by atoms with Crippen molar-refractivity contribution in [1.29, 1.82) is 0 Å². The van der Waals surface area contributed by atoms with E-state index < -0.39 is 15.8 Å². The standard InChI is InChI=1S/C12H16ClFN2O2S/c13-11-7-10(4-5-12(11)14)19(17,18)16-9-3-1-2-6-15-8-9/h4-5,7,9,15-16H,1-3,6,8H2. The van der Waals surface area contributed by atoms with Gasteiger partial charge >= 0.3 is 0 Å². The van der Waals surface area contributed by atoms with Gasteiger partial charge in [0.2, 0.25) is 10.0 Å². The molecule has 0 radical (unpaired) electrons. The average molecular weight is 307 g/mol. The zero-order valence-corrected chi connectivity index (χ0v) is 11.9. The molecule has 4 nitrogen and oxygen atoms in total. The van der Waals surface area contributed by atoms with E-state index in [0.717, 1.165) is 37.9 Å². The smallest absolute Gasteiger partial charge is 0.240 e. The highest BCUT2D eigenvalue weighted by molar-refractivity contribution is 7.89. The van der Waals surface area contributed by atoms with Crippen molar-refractivity contribution in [1.82, 2.24) is 10.0 Å². The predicted molar refractivity (Wildman–Crippen MR) is 72.2 cm³/mol. The van der Waals surface area contributed by atoms with Gasteiger partial charge in [-0.1, -0.05) is 18.0 Å². The molecule has 2 rings (SSSR count). The number of nitrogens with one attached hydrogen (secondary N) is 2. The van der Waals surface area contributed by atoms with Gasteiger partial charge in [-0.25, -0.2) is 17.5 Å². The molecule has 7 heteroatoms. The Kier molecular flexibility index (Phi) is 4.78. The Balaban J connectivity index is 2.14. The minimum absolute atomic E-state index is 0.0110. The van der Waals surface area contributed by atoms with Gasteiger partial charge in [0.1, 0.15) is 5.82 Å². The molecule has 1 aliphatic heterocycles. The van der Waals surface area contributed by atoms with Crippen LogP contribution < -0.4 is 10.0 Å². The Labute approximate surface area is 117 Å². The van der Waals surface area contributed by atoms with Crippen LogP contribution >= 0.6 is 11.6 Å². The highest BCUT2D eigenvalue weighted by Crippen LogP contribution is 2.20. The van der Waals surface area contributed by atoms with Gasteiger partial charge in [-0.15, -0.1) is 0 Å². The van der Waals surface area contributed by atoms with E-state index in [1.807, 2.05) is 0 Å². The van der Waals surface area contributed by atoms with E-state index in [4.69, 9.17) is 11.6 Å². The first-order valence-electron chi connectivity index (χ1n) is 6.17. The summed E-state index contributed by atoms with van der Waals surface area (Å²) in [4.78, 5) is -0.0110. The summed E-state index contributed by atoms with van der Waals surface area (Å²) in [6, 6.07) is 3.26. The first kappa shape index (κ1) is 14.7. The van der Waals surface area contributed by atoms with Crippen LogP contribution in [-0.4, -0.2) is 27.5 Å². The fourth-order valence-electron chi connectivity index (χ4n) is 2.05. The second-order valence-electron chi connectivity index (χ2n) is 4.59. The van der Waals surface area contributed by atoms with Gasteiger partial charge in [0.15, 0.2) is 0 Å². The Morgan fingerprint density at radius 1 is 1.37 bits per heavy atom. The van der Waals surface area contributed by atoms with Gasteiger partial charge in [0.25, 0.3) is 0 Å². The molecule has 0 spiro atoms. The van der Waals surface area contributed by atoms with Crippen molar-refractivity contribution in [3.63, 3.8) is 0 Å². The SMILES string of the molecule is O=S(=O)(NC1CCCCNC1)c1ccc(F)c(Cl)c1. The lowest BCUT2D eigenvalue weighted by Gasteiger charge is -2.16. The monoisotopic (exact) mass is 306 g/mol. The molecule has 19 heavy (non-hydrogen) atoms. The van der Waals surface area contributed by atoms with Gasteiger partial charge in [-0.3, -0.25) is 0 Å². The molecule has 1 saturated heterocycles. The fraction of sp³-hybridized carbons (Fsp3) is 0.500. The Morgan fingerprint density at radius 3 is 2.89 bits per heavy atom. The van der Waals surface area contributed by atoms with Crippen LogP contribution in [0.5, 0.6) is 0 Å². The molecule has 0 aliphatic carbocycles. The van der Waals surface area contributed by atoms with E-state index in [1.54, 1.807) is 0 Å². The number of sulfonamides is 1. The van der Waals surface area contributed by atoms with E-state index >= 15 is 0 Å². The zero-order valence-electron chi connectivity index (χ0n) is 10.3. The lowest BCUT2D eigenvalue weighted by Crippen LogP contribution is -2.40. The molecular formula is C12H16ClFN2O2S. The molecule has 1 heterocycles. The molecule has 1 fully saturated rings. The number of halogens is 2. The minimum atomic E-state index is -3.66. The first-order valence-corrected chi connectivity index (χ1v) is 8.03. The van der Waals surface area contributed by atoms with Crippen LogP contribution in [-0.2, 0) is 10.0 Å². The summed E-state index contributed by atoms with van der Waals surface area (Å²) < 4.78 is 40.0. The summed E-state index contributed by atoms with van der Waals surface area (Å²) in [5.41, 5.74) is 0. The summed E-state index contributed by atoms with van der Waals surface area (Å²) in [5, 5.41) is 2.99. The largest absolute Gasteiger partial charge is 0.315 e. The topological polar surface area (TPSA) is 58.2 Å². The van der Waals surface area contributed by atoms with Crippen LogP contribution in [0.2, 0.25) is 5.02 Å². The number of hydrogen-bond donors (Lipinski definition) is 2. The van der Waals surface area contributed by atoms with E-state index in [-0.39, 0.29) is 16.0 Å². The zero-order chi connectivity index (χ0) is 13.9.